The van der Waals surface area contributed by atoms with Gasteiger partial charge < -0.3 is 10.1 Å². The van der Waals surface area contributed by atoms with Crippen LogP contribution in [0, 0.1) is 13.8 Å². The lowest BCUT2D eigenvalue weighted by atomic mass is 10.1. The van der Waals surface area contributed by atoms with Gasteiger partial charge in [0.05, 0.1) is 18.6 Å². The lowest BCUT2D eigenvalue weighted by molar-refractivity contribution is -0.113. The third kappa shape index (κ3) is 4.43. The van der Waals surface area contributed by atoms with Gasteiger partial charge in [-0.2, -0.15) is 0 Å². The van der Waals surface area contributed by atoms with E-state index in [1.165, 1.54) is 0 Å². The zero-order valence-electron chi connectivity index (χ0n) is 15.9. The molecule has 3 rings (SSSR count). The molecule has 0 unspecified atom stereocenters. The molecule has 1 amide bonds. The first kappa shape index (κ1) is 19.7. The molecule has 0 fully saturated rings. The van der Waals surface area contributed by atoms with E-state index in [0.29, 0.717) is 11.4 Å². The smallest absolute Gasteiger partial charge is 0.287 e. The number of rotatable bonds is 6. The second-order valence-electron chi connectivity index (χ2n) is 6.21. The van der Waals surface area contributed by atoms with Crippen LogP contribution in [0.2, 0.25) is 0 Å². The van der Waals surface area contributed by atoms with Crippen LogP contribution in [-0.4, -0.2) is 28.3 Å². The van der Waals surface area contributed by atoms with Crippen molar-refractivity contribution < 1.29 is 9.53 Å². The Labute approximate surface area is 167 Å². The van der Waals surface area contributed by atoms with E-state index in [4.69, 9.17) is 4.74 Å². The molecule has 0 saturated heterocycles. The van der Waals surface area contributed by atoms with Crippen molar-refractivity contribution >= 4 is 23.4 Å². The number of benzene rings is 2. The van der Waals surface area contributed by atoms with Crippen LogP contribution in [0.1, 0.15) is 11.1 Å². The summed E-state index contributed by atoms with van der Waals surface area (Å²) in [6, 6.07) is 13.0. The van der Waals surface area contributed by atoms with Gasteiger partial charge in [-0.3, -0.25) is 14.2 Å². The van der Waals surface area contributed by atoms with Crippen molar-refractivity contribution in [1.82, 2.24) is 9.55 Å². The topological polar surface area (TPSA) is 73.2 Å². The summed E-state index contributed by atoms with van der Waals surface area (Å²) in [6.45, 7) is 4.03. The van der Waals surface area contributed by atoms with Crippen molar-refractivity contribution in [3.63, 3.8) is 0 Å². The van der Waals surface area contributed by atoms with Gasteiger partial charge in [-0.1, -0.05) is 30.0 Å². The van der Waals surface area contributed by atoms with Crippen molar-refractivity contribution in [3.8, 4) is 11.4 Å². The van der Waals surface area contributed by atoms with Crippen LogP contribution in [0.5, 0.6) is 5.75 Å². The minimum Gasteiger partial charge on any atom is -0.495 e. The Balaban J connectivity index is 1.74. The third-order valence-electron chi connectivity index (χ3n) is 4.30. The molecular weight excluding hydrogens is 374 g/mol. The number of ether oxygens (including phenoxy) is 1. The fourth-order valence-corrected chi connectivity index (χ4v) is 3.34. The molecule has 0 bridgehead atoms. The van der Waals surface area contributed by atoms with E-state index in [2.05, 4.69) is 10.3 Å². The Hall–Kier alpha value is -3.06. The highest BCUT2D eigenvalue weighted by molar-refractivity contribution is 7.99. The summed E-state index contributed by atoms with van der Waals surface area (Å²) in [7, 11) is 1.54. The SMILES string of the molecule is COc1ccccc1NC(=O)CSc1nccn(-c2ccc(C)c(C)c2)c1=O. The zero-order valence-corrected chi connectivity index (χ0v) is 16.7. The maximum atomic E-state index is 12.8. The van der Waals surface area contributed by atoms with Crippen LogP contribution in [0.15, 0.2) is 64.7 Å². The maximum Gasteiger partial charge on any atom is 0.287 e. The Morgan fingerprint density at radius 1 is 1.18 bits per heavy atom. The lowest BCUT2D eigenvalue weighted by Gasteiger charge is -2.10. The number of carbonyl (C=O) groups excluding carboxylic acids is 1. The average molecular weight is 395 g/mol. The van der Waals surface area contributed by atoms with Crippen LogP contribution in [0.3, 0.4) is 0 Å². The molecular formula is C21H21N3O3S. The molecule has 28 heavy (non-hydrogen) atoms. The van der Waals surface area contributed by atoms with E-state index in [1.807, 2.05) is 44.2 Å². The molecule has 0 atom stereocenters. The zero-order chi connectivity index (χ0) is 20.1. The molecule has 0 aliphatic carbocycles. The fraction of sp³-hybridized carbons (Fsp3) is 0.190. The summed E-state index contributed by atoms with van der Waals surface area (Å²) in [5.74, 6) is 0.407. The standard InChI is InChI=1S/C21H21N3O3S/c1-14-8-9-16(12-15(14)2)24-11-10-22-20(21(24)26)28-13-19(25)23-17-6-4-5-7-18(17)27-3/h4-12H,13H2,1-3H3,(H,23,25). The van der Waals surface area contributed by atoms with Crippen molar-refractivity contribution in [1.29, 1.82) is 0 Å². The summed E-state index contributed by atoms with van der Waals surface area (Å²) in [4.78, 5) is 29.2. The highest BCUT2D eigenvalue weighted by Crippen LogP contribution is 2.23. The van der Waals surface area contributed by atoms with Gasteiger partial charge in [-0.05, 0) is 49.2 Å². The first-order valence-corrected chi connectivity index (χ1v) is 9.69. The van der Waals surface area contributed by atoms with E-state index in [-0.39, 0.29) is 22.2 Å². The molecule has 0 spiro atoms. The molecule has 0 aliphatic rings. The number of hydrogen-bond donors (Lipinski definition) is 1. The first-order valence-electron chi connectivity index (χ1n) is 8.70. The quantitative estimate of drug-likeness (QED) is 0.646. The summed E-state index contributed by atoms with van der Waals surface area (Å²) in [5, 5.41) is 3.06. The van der Waals surface area contributed by atoms with Crippen molar-refractivity contribution in [2.24, 2.45) is 0 Å². The predicted octanol–water partition coefficient (Wildman–Crippen LogP) is 3.59. The van der Waals surface area contributed by atoms with Gasteiger partial charge in [-0.15, -0.1) is 0 Å². The Bertz CT molecular complexity index is 1060. The number of nitrogens with one attached hydrogen (secondary N) is 1. The molecule has 1 aromatic heterocycles. The Kier molecular flexibility index (Phi) is 6.16. The molecule has 0 saturated carbocycles. The molecule has 0 aliphatic heterocycles. The van der Waals surface area contributed by atoms with Crippen LogP contribution in [0.4, 0.5) is 5.69 Å². The monoisotopic (exact) mass is 395 g/mol. The van der Waals surface area contributed by atoms with Gasteiger partial charge in [0.2, 0.25) is 5.91 Å². The van der Waals surface area contributed by atoms with Crippen molar-refractivity contribution in [3.05, 3.63) is 76.3 Å². The van der Waals surface area contributed by atoms with E-state index in [1.54, 1.807) is 36.2 Å². The normalized spacial score (nSPS) is 10.5. The van der Waals surface area contributed by atoms with Gasteiger partial charge in [0, 0.05) is 18.1 Å². The van der Waals surface area contributed by atoms with Gasteiger partial charge in [0.1, 0.15) is 5.75 Å². The minimum atomic E-state index is -0.249. The first-order chi connectivity index (χ1) is 13.5. The lowest BCUT2D eigenvalue weighted by Crippen LogP contribution is -2.22. The van der Waals surface area contributed by atoms with E-state index < -0.39 is 0 Å². The number of methoxy groups -OCH3 is 1. The Morgan fingerprint density at radius 3 is 2.71 bits per heavy atom. The number of para-hydroxylation sites is 2. The molecule has 0 radical (unpaired) electrons. The highest BCUT2D eigenvalue weighted by atomic mass is 32.2. The van der Waals surface area contributed by atoms with Crippen LogP contribution < -0.4 is 15.6 Å². The third-order valence-corrected chi connectivity index (χ3v) is 5.26. The second-order valence-corrected chi connectivity index (χ2v) is 7.18. The fourth-order valence-electron chi connectivity index (χ4n) is 2.64. The minimum absolute atomic E-state index is 0.0667. The largest absolute Gasteiger partial charge is 0.495 e. The molecule has 144 valence electrons. The van der Waals surface area contributed by atoms with Crippen LogP contribution in [0.25, 0.3) is 5.69 Å². The van der Waals surface area contributed by atoms with Crippen LogP contribution >= 0.6 is 11.8 Å². The van der Waals surface area contributed by atoms with Gasteiger partial charge in [0.15, 0.2) is 5.03 Å². The molecule has 1 heterocycles. The van der Waals surface area contributed by atoms with E-state index in [9.17, 15) is 9.59 Å². The van der Waals surface area contributed by atoms with Gasteiger partial charge in [0.25, 0.3) is 5.56 Å². The van der Waals surface area contributed by atoms with Crippen molar-refractivity contribution in [2.75, 3.05) is 18.2 Å². The number of carbonyl (C=O) groups is 1. The van der Waals surface area contributed by atoms with Gasteiger partial charge in [-0.25, -0.2) is 4.98 Å². The second kappa shape index (κ2) is 8.75. The van der Waals surface area contributed by atoms with E-state index in [0.717, 1.165) is 28.6 Å². The number of nitrogens with zero attached hydrogens (tertiary/aromatic N) is 2. The van der Waals surface area contributed by atoms with E-state index >= 15 is 0 Å². The predicted molar refractivity (Wildman–Crippen MR) is 112 cm³/mol. The molecule has 2 aromatic carbocycles. The molecule has 3 aromatic rings. The Morgan fingerprint density at radius 2 is 1.96 bits per heavy atom. The van der Waals surface area contributed by atoms with Crippen LogP contribution in [-0.2, 0) is 4.79 Å². The average Bonchev–Trinajstić information content (AvgIpc) is 2.70. The number of anilines is 1. The molecule has 6 nitrogen and oxygen atoms in total. The summed E-state index contributed by atoms with van der Waals surface area (Å²) < 4.78 is 6.77. The number of hydrogen-bond acceptors (Lipinski definition) is 5. The molecule has 7 heteroatoms. The number of amides is 1. The van der Waals surface area contributed by atoms with Crippen molar-refractivity contribution in [2.45, 2.75) is 18.9 Å². The number of aromatic nitrogens is 2. The molecule has 1 N–H and O–H groups in total. The summed E-state index contributed by atoms with van der Waals surface area (Å²) >= 11 is 1.11. The summed E-state index contributed by atoms with van der Waals surface area (Å²) in [5.41, 5.74) is 3.38. The maximum absolute atomic E-state index is 12.8. The summed E-state index contributed by atoms with van der Waals surface area (Å²) in [6.07, 6.45) is 3.20. The number of thioether (sulfide) groups is 1. The highest BCUT2D eigenvalue weighted by Gasteiger charge is 2.12. The number of aryl methyl sites for hydroxylation is 2. The van der Waals surface area contributed by atoms with Gasteiger partial charge >= 0.3 is 0 Å².